The minimum Gasteiger partial charge on any atom is -0.493 e. The van der Waals surface area contributed by atoms with Gasteiger partial charge in [0.15, 0.2) is 17.3 Å². The van der Waals surface area contributed by atoms with Gasteiger partial charge in [-0.3, -0.25) is 5.10 Å². The summed E-state index contributed by atoms with van der Waals surface area (Å²) < 4.78 is 27.0. The Morgan fingerprint density at radius 3 is 2.84 bits per heavy atom. The first-order valence-electron chi connectivity index (χ1n) is 9.41. The number of benzene rings is 2. The van der Waals surface area contributed by atoms with Gasteiger partial charge in [0.2, 0.25) is 4.77 Å². The largest absolute Gasteiger partial charge is 0.493 e. The Morgan fingerprint density at radius 2 is 2.06 bits per heavy atom. The molecule has 0 atom stereocenters. The van der Waals surface area contributed by atoms with Crippen molar-refractivity contribution in [3.8, 4) is 11.5 Å². The van der Waals surface area contributed by atoms with Gasteiger partial charge in [0, 0.05) is 16.9 Å². The van der Waals surface area contributed by atoms with E-state index in [4.69, 9.17) is 21.7 Å². The SMILES string of the molecule is COc1cc(/C=N\n2c(Cc3cccs3)n[nH]c2=S)ccc1OCc1ccccc1F. The number of aromatic amines is 1. The highest BCUT2D eigenvalue weighted by molar-refractivity contribution is 7.71. The first kappa shape index (κ1) is 21.0. The Labute approximate surface area is 187 Å². The molecule has 0 spiro atoms. The van der Waals surface area contributed by atoms with Crippen LogP contribution in [0.1, 0.15) is 21.8 Å². The van der Waals surface area contributed by atoms with Gasteiger partial charge in [-0.25, -0.2) is 4.39 Å². The fourth-order valence-electron chi connectivity index (χ4n) is 2.91. The van der Waals surface area contributed by atoms with Crippen molar-refractivity contribution in [1.29, 1.82) is 0 Å². The van der Waals surface area contributed by atoms with Gasteiger partial charge in [-0.2, -0.15) is 14.9 Å². The zero-order valence-electron chi connectivity index (χ0n) is 16.6. The lowest BCUT2D eigenvalue weighted by Crippen LogP contribution is -2.01. The van der Waals surface area contributed by atoms with Gasteiger partial charge in [-0.15, -0.1) is 11.3 Å². The quantitative estimate of drug-likeness (QED) is 0.294. The Morgan fingerprint density at radius 1 is 1.19 bits per heavy atom. The lowest BCUT2D eigenvalue weighted by Gasteiger charge is -2.11. The molecule has 0 bridgehead atoms. The second kappa shape index (κ2) is 9.67. The molecule has 4 aromatic rings. The highest BCUT2D eigenvalue weighted by Gasteiger charge is 2.09. The molecule has 9 heteroatoms. The molecule has 0 fully saturated rings. The Balaban J connectivity index is 1.51. The molecule has 1 N–H and O–H groups in total. The molecule has 31 heavy (non-hydrogen) atoms. The highest BCUT2D eigenvalue weighted by Crippen LogP contribution is 2.28. The smallest absolute Gasteiger partial charge is 0.216 e. The van der Waals surface area contributed by atoms with E-state index < -0.39 is 0 Å². The molecule has 0 aliphatic carbocycles. The normalized spacial score (nSPS) is 11.2. The molecule has 0 saturated carbocycles. The van der Waals surface area contributed by atoms with Gasteiger partial charge in [0.1, 0.15) is 12.4 Å². The number of ether oxygens (including phenoxy) is 2. The Hall–Kier alpha value is -3.30. The van der Waals surface area contributed by atoms with Crippen LogP contribution in [0.2, 0.25) is 0 Å². The standard InChI is InChI=1S/C22H19FN4O2S2/c1-28-20-11-15(8-9-19(20)29-14-16-5-2-3-7-18(16)23)13-24-27-21(25-26-22(27)30)12-17-6-4-10-31-17/h2-11,13H,12,14H2,1H3,(H,26,30)/b24-13-. The van der Waals surface area contributed by atoms with Crippen LogP contribution in [0.4, 0.5) is 4.39 Å². The number of hydrogen-bond acceptors (Lipinski definition) is 6. The van der Waals surface area contributed by atoms with E-state index in [2.05, 4.69) is 15.3 Å². The zero-order valence-corrected chi connectivity index (χ0v) is 18.3. The lowest BCUT2D eigenvalue weighted by molar-refractivity contribution is 0.279. The molecule has 0 radical (unpaired) electrons. The summed E-state index contributed by atoms with van der Waals surface area (Å²) in [6.07, 6.45) is 2.31. The molecule has 0 amide bonds. The topological polar surface area (TPSA) is 64.4 Å². The third-order valence-electron chi connectivity index (χ3n) is 4.48. The monoisotopic (exact) mass is 454 g/mol. The fraction of sp³-hybridized carbons (Fsp3) is 0.136. The Kier molecular flexibility index (Phi) is 6.54. The summed E-state index contributed by atoms with van der Waals surface area (Å²) in [5.74, 6) is 1.46. The average Bonchev–Trinajstić information content (AvgIpc) is 3.42. The van der Waals surface area contributed by atoms with Crippen molar-refractivity contribution < 1.29 is 13.9 Å². The third kappa shape index (κ3) is 5.07. The number of nitrogens with one attached hydrogen (secondary N) is 1. The molecular formula is C22H19FN4O2S2. The van der Waals surface area contributed by atoms with Crippen LogP contribution in [0.25, 0.3) is 0 Å². The van der Waals surface area contributed by atoms with Crippen LogP contribution in [0.3, 0.4) is 0 Å². The van der Waals surface area contributed by atoms with Crippen molar-refractivity contribution >= 4 is 29.8 Å². The van der Waals surface area contributed by atoms with Gasteiger partial charge >= 0.3 is 0 Å². The summed E-state index contributed by atoms with van der Waals surface area (Å²) in [4.78, 5) is 1.17. The zero-order chi connectivity index (χ0) is 21.6. The van der Waals surface area contributed by atoms with E-state index in [1.165, 1.54) is 10.9 Å². The molecule has 2 heterocycles. The van der Waals surface area contributed by atoms with E-state index in [1.54, 1.807) is 59.7 Å². The molecule has 6 nitrogen and oxygen atoms in total. The van der Waals surface area contributed by atoms with Crippen molar-refractivity contribution in [3.05, 3.63) is 92.4 Å². The van der Waals surface area contributed by atoms with Crippen molar-refractivity contribution in [2.75, 3.05) is 7.11 Å². The summed E-state index contributed by atoms with van der Waals surface area (Å²) in [5, 5.41) is 13.6. The molecule has 2 aromatic carbocycles. The average molecular weight is 455 g/mol. The number of methoxy groups -OCH3 is 1. The summed E-state index contributed by atoms with van der Waals surface area (Å²) in [6.45, 7) is 0.104. The summed E-state index contributed by atoms with van der Waals surface area (Å²) in [6, 6.07) is 15.9. The molecular weight excluding hydrogens is 435 g/mol. The number of thiophene rings is 1. The molecule has 2 aromatic heterocycles. The van der Waals surface area contributed by atoms with Gasteiger partial charge in [0.05, 0.1) is 13.3 Å². The molecule has 0 aliphatic heterocycles. The second-order valence-corrected chi connectivity index (χ2v) is 7.97. The highest BCUT2D eigenvalue weighted by atomic mass is 32.1. The van der Waals surface area contributed by atoms with Gasteiger partial charge in [0.25, 0.3) is 0 Å². The van der Waals surface area contributed by atoms with Crippen LogP contribution in [0.5, 0.6) is 11.5 Å². The number of halogens is 1. The van der Waals surface area contributed by atoms with E-state index in [0.717, 1.165) is 11.4 Å². The molecule has 4 rings (SSSR count). The summed E-state index contributed by atoms with van der Waals surface area (Å²) in [7, 11) is 1.55. The number of nitrogens with zero attached hydrogens (tertiary/aromatic N) is 3. The first-order chi connectivity index (χ1) is 15.1. The fourth-order valence-corrected chi connectivity index (χ4v) is 3.81. The molecule has 0 saturated heterocycles. The van der Waals surface area contributed by atoms with Crippen LogP contribution in [-0.4, -0.2) is 28.2 Å². The minimum atomic E-state index is -0.305. The van der Waals surface area contributed by atoms with E-state index in [9.17, 15) is 4.39 Å². The molecule has 0 aliphatic rings. The summed E-state index contributed by atoms with van der Waals surface area (Å²) >= 11 is 6.96. The summed E-state index contributed by atoms with van der Waals surface area (Å²) in [5.41, 5.74) is 1.27. The van der Waals surface area contributed by atoms with E-state index in [-0.39, 0.29) is 12.4 Å². The maximum Gasteiger partial charge on any atom is 0.216 e. The van der Waals surface area contributed by atoms with Crippen LogP contribution in [0, 0.1) is 10.6 Å². The van der Waals surface area contributed by atoms with E-state index in [1.807, 2.05) is 23.6 Å². The van der Waals surface area contributed by atoms with Crippen LogP contribution in [0.15, 0.2) is 65.1 Å². The predicted molar refractivity (Wildman–Crippen MR) is 121 cm³/mol. The van der Waals surface area contributed by atoms with E-state index in [0.29, 0.717) is 28.3 Å². The maximum absolute atomic E-state index is 13.8. The Bertz CT molecular complexity index is 1250. The second-order valence-electron chi connectivity index (χ2n) is 6.55. The maximum atomic E-state index is 13.8. The third-order valence-corrected chi connectivity index (χ3v) is 5.62. The number of hydrogen-bond donors (Lipinski definition) is 1. The predicted octanol–water partition coefficient (Wildman–Crippen LogP) is 5.20. The van der Waals surface area contributed by atoms with Gasteiger partial charge in [-0.05, 0) is 53.5 Å². The number of rotatable bonds is 8. The molecule has 158 valence electrons. The number of H-pyrrole nitrogens is 1. The van der Waals surface area contributed by atoms with Crippen molar-refractivity contribution in [3.63, 3.8) is 0 Å². The van der Waals surface area contributed by atoms with E-state index >= 15 is 0 Å². The number of aromatic nitrogens is 3. The van der Waals surface area contributed by atoms with Crippen molar-refractivity contribution in [2.24, 2.45) is 5.10 Å². The van der Waals surface area contributed by atoms with Crippen LogP contribution >= 0.6 is 23.6 Å². The molecule has 0 unspecified atom stereocenters. The van der Waals surface area contributed by atoms with Crippen molar-refractivity contribution in [2.45, 2.75) is 13.0 Å². The van der Waals surface area contributed by atoms with Gasteiger partial charge in [-0.1, -0.05) is 24.3 Å². The van der Waals surface area contributed by atoms with Gasteiger partial charge < -0.3 is 9.47 Å². The lowest BCUT2D eigenvalue weighted by atomic mass is 10.2. The van der Waals surface area contributed by atoms with Crippen LogP contribution < -0.4 is 9.47 Å². The van der Waals surface area contributed by atoms with Crippen molar-refractivity contribution in [1.82, 2.24) is 14.9 Å². The minimum absolute atomic E-state index is 0.104. The first-order valence-corrected chi connectivity index (χ1v) is 10.7. The van der Waals surface area contributed by atoms with Crippen LogP contribution in [-0.2, 0) is 13.0 Å².